The molecule has 4 rings (SSSR count). The van der Waals surface area contributed by atoms with Crippen LogP contribution >= 0.6 is 0 Å². The molecular weight excluding hydrogens is 362 g/mol. The second-order valence-corrected chi connectivity index (χ2v) is 7.28. The number of nitrogens with one attached hydrogen (secondary N) is 1. The molecule has 2 heterocycles. The zero-order chi connectivity index (χ0) is 20.2. The van der Waals surface area contributed by atoms with Crippen molar-refractivity contribution in [3.8, 4) is 0 Å². The number of carbonyl (C=O) groups excluding carboxylic acids is 2. The first kappa shape index (κ1) is 19.0. The van der Waals surface area contributed by atoms with Gasteiger partial charge in [-0.05, 0) is 55.7 Å². The normalized spacial score (nSPS) is 14.0. The van der Waals surface area contributed by atoms with Crippen LogP contribution in [0.5, 0.6) is 0 Å². The van der Waals surface area contributed by atoms with Crippen LogP contribution in [-0.4, -0.2) is 34.4 Å². The average molecular weight is 387 g/mol. The number of hydrogen-bond acceptors (Lipinski definition) is 2. The van der Waals surface area contributed by atoms with E-state index < -0.39 is 0 Å². The Morgan fingerprint density at radius 2 is 1.79 bits per heavy atom. The first-order valence-electron chi connectivity index (χ1n) is 10.1. The molecule has 1 aliphatic heterocycles. The van der Waals surface area contributed by atoms with Crippen molar-refractivity contribution in [3.05, 3.63) is 71.9 Å². The third kappa shape index (κ3) is 4.09. The molecule has 0 radical (unpaired) electrons. The molecule has 0 bridgehead atoms. The standard InChI is InChI=1S/C24H25N3O2/c1-2-27-21-12-11-20(25-23(28)13-10-18-8-4-3-5-9-18)16-19(21)17-22(27)24(29)26-14-6-7-15-26/h3-5,8-13,16-17H,2,6-7,14-15H2,1H3,(H,25,28)/b13-10+. The first-order valence-corrected chi connectivity index (χ1v) is 10.1. The van der Waals surface area contributed by atoms with Crippen molar-refractivity contribution in [2.24, 2.45) is 0 Å². The summed E-state index contributed by atoms with van der Waals surface area (Å²) in [6.07, 6.45) is 5.46. The molecule has 1 aliphatic rings. The Hall–Kier alpha value is -3.34. The van der Waals surface area contributed by atoms with Crippen LogP contribution in [0, 0.1) is 0 Å². The van der Waals surface area contributed by atoms with Gasteiger partial charge in [0.25, 0.3) is 5.91 Å². The minimum atomic E-state index is -0.184. The van der Waals surface area contributed by atoms with Gasteiger partial charge in [-0.1, -0.05) is 30.3 Å². The minimum absolute atomic E-state index is 0.0944. The number of anilines is 1. The fourth-order valence-electron chi connectivity index (χ4n) is 3.87. The highest BCUT2D eigenvalue weighted by Crippen LogP contribution is 2.25. The minimum Gasteiger partial charge on any atom is -0.337 e. The summed E-state index contributed by atoms with van der Waals surface area (Å²) in [5.41, 5.74) is 3.42. The lowest BCUT2D eigenvalue weighted by Crippen LogP contribution is -2.29. The maximum Gasteiger partial charge on any atom is 0.270 e. The molecule has 1 saturated heterocycles. The van der Waals surface area contributed by atoms with E-state index in [4.69, 9.17) is 0 Å². The van der Waals surface area contributed by atoms with Crippen molar-refractivity contribution in [2.45, 2.75) is 26.3 Å². The molecule has 2 amide bonds. The van der Waals surface area contributed by atoms with E-state index in [1.165, 1.54) is 6.08 Å². The Morgan fingerprint density at radius 3 is 2.52 bits per heavy atom. The van der Waals surface area contributed by atoms with Crippen molar-refractivity contribution in [2.75, 3.05) is 18.4 Å². The highest BCUT2D eigenvalue weighted by Gasteiger charge is 2.23. The highest BCUT2D eigenvalue weighted by atomic mass is 16.2. The maximum atomic E-state index is 12.9. The highest BCUT2D eigenvalue weighted by molar-refractivity contribution is 6.04. The molecule has 3 aromatic rings. The smallest absolute Gasteiger partial charge is 0.270 e. The van der Waals surface area contributed by atoms with Gasteiger partial charge >= 0.3 is 0 Å². The second kappa shape index (κ2) is 8.35. The Bertz CT molecular complexity index is 1060. The van der Waals surface area contributed by atoms with E-state index >= 15 is 0 Å². The zero-order valence-corrected chi connectivity index (χ0v) is 16.6. The third-order valence-electron chi connectivity index (χ3n) is 5.32. The number of likely N-dealkylation sites (tertiary alicyclic amines) is 1. The van der Waals surface area contributed by atoms with Gasteiger partial charge in [-0.3, -0.25) is 9.59 Å². The molecule has 1 N–H and O–H groups in total. The number of carbonyl (C=O) groups is 2. The molecule has 5 heteroatoms. The molecule has 2 aromatic carbocycles. The van der Waals surface area contributed by atoms with E-state index in [1.807, 2.05) is 66.4 Å². The quantitative estimate of drug-likeness (QED) is 0.653. The zero-order valence-electron chi connectivity index (χ0n) is 16.6. The van der Waals surface area contributed by atoms with Crippen LogP contribution < -0.4 is 5.32 Å². The third-order valence-corrected chi connectivity index (χ3v) is 5.32. The number of aromatic nitrogens is 1. The number of benzene rings is 2. The van der Waals surface area contributed by atoms with Crippen LogP contribution in [0.2, 0.25) is 0 Å². The summed E-state index contributed by atoms with van der Waals surface area (Å²) in [5.74, 6) is -0.0894. The molecule has 0 saturated carbocycles. The van der Waals surface area contributed by atoms with E-state index in [1.54, 1.807) is 6.08 Å². The molecule has 0 spiro atoms. The molecule has 1 fully saturated rings. The monoisotopic (exact) mass is 387 g/mol. The van der Waals surface area contributed by atoms with Crippen LogP contribution in [-0.2, 0) is 11.3 Å². The largest absolute Gasteiger partial charge is 0.337 e. The summed E-state index contributed by atoms with van der Waals surface area (Å²) in [7, 11) is 0. The Balaban J connectivity index is 1.55. The Kier molecular flexibility index (Phi) is 5.47. The molecule has 148 valence electrons. The van der Waals surface area contributed by atoms with Crippen LogP contribution in [0.4, 0.5) is 5.69 Å². The van der Waals surface area contributed by atoms with Gasteiger partial charge in [0.15, 0.2) is 0 Å². The lowest BCUT2D eigenvalue weighted by Gasteiger charge is -2.16. The first-order chi connectivity index (χ1) is 14.2. The van der Waals surface area contributed by atoms with Gasteiger partial charge < -0.3 is 14.8 Å². The summed E-state index contributed by atoms with van der Waals surface area (Å²) < 4.78 is 2.05. The number of rotatable bonds is 5. The van der Waals surface area contributed by atoms with Crippen molar-refractivity contribution < 1.29 is 9.59 Å². The fraction of sp³-hybridized carbons (Fsp3) is 0.250. The van der Waals surface area contributed by atoms with Gasteiger partial charge in [-0.15, -0.1) is 0 Å². The summed E-state index contributed by atoms with van der Waals surface area (Å²) in [5, 5.41) is 3.86. The van der Waals surface area contributed by atoms with Crippen molar-refractivity contribution in [1.82, 2.24) is 9.47 Å². The van der Waals surface area contributed by atoms with Gasteiger partial charge in [0.05, 0.1) is 0 Å². The van der Waals surface area contributed by atoms with E-state index in [0.29, 0.717) is 5.69 Å². The topological polar surface area (TPSA) is 54.3 Å². The average Bonchev–Trinajstić information content (AvgIpc) is 3.40. The lowest BCUT2D eigenvalue weighted by atomic mass is 10.2. The predicted octanol–water partition coefficient (Wildman–Crippen LogP) is 4.55. The van der Waals surface area contributed by atoms with E-state index in [9.17, 15) is 9.59 Å². The molecule has 1 aromatic heterocycles. The second-order valence-electron chi connectivity index (χ2n) is 7.28. The number of aryl methyl sites for hydroxylation is 1. The molecule has 0 aliphatic carbocycles. The number of nitrogens with zero attached hydrogens (tertiary/aromatic N) is 2. The summed E-state index contributed by atoms with van der Waals surface area (Å²) in [6.45, 7) is 4.44. The maximum absolute atomic E-state index is 12.9. The van der Waals surface area contributed by atoms with Gasteiger partial charge in [0.2, 0.25) is 5.91 Å². The molecule has 29 heavy (non-hydrogen) atoms. The molecule has 0 unspecified atom stereocenters. The van der Waals surface area contributed by atoms with Crippen LogP contribution in [0.3, 0.4) is 0 Å². The van der Waals surface area contributed by atoms with Gasteiger partial charge in [0, 0.05) is 42.3 Å². The van der Waals surface area contributed by atoms with Crippen molar-refractivity contribution in [3.63, 3.8) is 0 Å². The van der Waals surface area contributed by atoms with Crippen molar-refractivity contribution >= 4 is 34.5 Å². The Labute approximate surface area is 170 Å². The predicted molar refractivity (Wildman–Crippen MR) is 117 cm³/mol. The van der Waals surface area contributed by atoms with Crippen LogP contribution in [0.1, 0.15) is 35.8 Å². The lowest BCUT2D eigenvalue weighted by molar-refractivity contribution is -0.111. The summed E-state index contributed by atoms with van der Waals surface area (Å²) in [6, 6.07) is 17.4. The van der Waals surface area contributed by atoms with Gasteiger partial charge in [-0.25, -0.2) is 0 Å². The molecular formula is C24H25N3O2. The van der Waals surface area contributed by atoms with Crippen LogP contribution in [0.15, 0.2) is 60.7 Å². The van der Waals surface area contributed by atoms with Gasteiger partial charge in [-0.2, -0.15) is 0 Å². The number of hydrogen-bond donors (Lipinski definition) is 1. The van der Waals surface area contributed by atoms with Crippen molar-refractivity contribution in [1.29, 1.82) is 0 Å². The fourth-order valence-corrected chi connectivity index (χ4v) is 3.87. The van der Waals surface area contributed by atoms with E-state index in [2.05, 4.69) is 9.88 Å². The van der Waals surface area contributed by atoms with Crippen LogP contribution in [0.25, 0.3) is 17.0 Å². The van der Waals surface area contributed by atoms with E-state index in [0.717, 1.165) is 54.6 Å². The van der Waals surface area contributed by atoms with Gasteiger partial charge in [0.1, 0.15) is 5.69 Å². The number of amides is 2. The molecule has 0 atom stereocenters. The SMILES string of the molecule is CCn1c(C(=O)N2CCCC2)cc2cc(NC(=O)/C=C/c3ccccc3)ccc21. The number of fused-ring (bicyclic) bond motifs is 1. The summed E-state index contributed by atoms with van der Waals surface area (Å²) in [4.78, 5) is 27.1. The Morgan fingerprint density at radius 1 is 1.03 bits per heavy atom. The summed E-state index contributed by atoms with van der Waals surface area (Å²) >= 11 is 0. The van der Waals surface area contributed by atoms with E-state index in [-0.39, 0.29) is 11.8 Å². The molecule has 5 nitrogen and oxygen atoms in total.